The number of nitrogens with one attached hydrogen (secondary N) is 3. The number of amides is 5. The van der Waals surface area contributed by atoms with E-state index < -0.39 is 34.9 Å². The van der Waals surface area contributed by atoms with Gasteiger partial charge in [-0.05, 0) is 94.5 Å². The lowest BCUT2D eigenvalue weighted by molar-refractivity contribution is -0.138. The molecule has 5 amide bonds. The monoisotopic (exact) mass is 899 g/mol. The number of halogens is 2. The summed E-state index contributed by atoms with van der Waals surface area (Å²) in [5.74, 6) is -3.03. The van der Waals surface area contributed by atoms with E-state index in [1.807, 2.05) is 16.7 Å². The van der Waals surface area contributed by atoms with Crippen LogP contribution in [0.3, 0.4) is 0 Å². The number of aliphatic hydroxyl groups excluding tert-OH is 1. The summed E-state index contributed by atoms with van der Waals surface area (Å²) in [6.07, 6.45) is 9.54. The fourth-order valence-corrected chi connectivity index (χ4v) is 10.5. The van der Waals surface area contributed by atoms with Crippen LogP contribution in [0.2, 0.25) is 0 Å². The van der Waals surface area contributed by atoms with Gasteiger partial charge in [-0.25, -0.2) is 13.8 Å². The van der Waals surface area contributed by atoms with E-state index >= 15 is 8.78 Å². The van der Waals surface area contributed by atoms with Gasteiger partial charge in [0.05, 0.1) is 24.9 Å². The number of carbonyl (C=O) groups excluding carboxylic acids is 5. The van der Waals surface area contributed by atoms with E-state index in [1.165, 1.54) is 19.2 Å². The zero-order valence-electron chi connectivity index (χ0n) is 37.3. The highest BCUT2D eigenvalue weighted by atomic mass is 19.1. The van der Waals surface area contributed by atoms with Crippen LogP contribution in [0.25, 0.3) is 0 Å². The molecular formula is C47H59F2N9O7. The van der Waals surface area contributed by atoms with Gasteiger partial charge in [-0.3, -0.25) is 29.3 Å². The molecule has 3 aromatic rings. The molecule has 1 aromatic heterocycles. The Balaban J connectivity index is 0.888. The standard InChI is InChI=1S/C47H59F2N9O7/c1-4-36-45(64)55(2)37-27-50-46(53-41(37)58(36)30-8-5-6-9-30)51-35-12-10-29(24-38(35)65-3)42(61)54-47(16-7-23-59)17-21-57(22-18-47)44(63)28-14-19-56(20-15-28)31-25-33(48)40(34(49)26-31)32-11-13-39(60)52-43(32)62/h10,12,24-28,30,32,36,59H,4-9,11,13-23H2,1-3H3,(H,54,61)(H,50,51,53)(H,52,60,62)/t32?,36-/m1/s1. The minimum Gasteiger partial charge on any atom is -0.495 e. The first-order valence-corrected chi connectivity index (χ1v) is 23.0. The number of nitrogens with zero attached hydrogens (tertiary/aromatic N) is 6. The second kappa shape index (κ2) is 19.3. The molecule has 0 radical (unpaired) electrons. The van der Waals surface area contributed by atoms with Gasteiger partial charge < -0.3 is 40.1 Å². The highest BCUT2D eigenvalue weighted by Crippen LogP contribution is 2.41. The van der Waals surface area contributed by atoms with Gasteiger partial charge >= 0.3 is 0 Å². The molecule has 5 aliphatic rings. The molecule has 1 aliphatic carbocycles. The van der Waals surface area contributed by atoms with Crippen LogP contribution in [0.15, 0.2) is 36.5 Å². The van der Waals surface area contributed by atoms with Crippen molar-refractivity contribution in [3.05, 3.63) is 59.3 Å². The maximum Gasteiger partial charge on any atom is 0.251 e. The van der Waals surface area contributed by atoms with Crippen LogP contribution in [0.4, 0.5) is 37.6 Å². The molecule has 0 spiro atoms. The predicted molar refractivity (Wildman–Crippen MR) is 239 cm³/mol. The number of hydrogen-bond acceptors (Lipinski definition) is 12. The average molecular weight is 900 g/mol. The number of methoxy groups -OCH3 is 1. The number of hydrogen-bond donors (Lipinski definition) is 4. The summed E-state index contributed by atoms with van der Waals surface area (Å²) in [5, 5.41) is 18.5. The van der Waals surface area contributed by atoms with E-state index in [-0.39, 0.29) is 60.7 Å². The molecule has 2 atom stereocenters. The molecule has 4 aliphatic heterocycles. The molecule has 18 heteroatoms. The number of anilines is 5. The first kappa shape index (κ1) is 45.7. The zero-order valence-corrected chi connectivity index (χ0v) is 37.3. The lowest BCUT2D eigenvalue weighted by Gasteiger charge is -2.44. The smallest absolute Gasteiger partial charge is 0.251 e. The molecule has 0 bridgehead atoms. The van der Waals surface area contributed by atoms with Crippen LogP contribution in [0, 0.1) is 17.6 Å². The summed E-state index contributed by atoms with van der Waals surface area (Å²) in [5.41, 5.74) is 0.919. The first-order chi connectivity index (χ1) is 31.3. The Labute approximate surface area is 377 Å². The van der Waals surface area contributed by atoms with Crippen LogP contribution in [-0.2, 0) is 19.2 Å². The van der Waals surface area contributed by atoms with Crippen molar-refractivity contribution < 1.29 is 42.6 Å². The van der Waals surface area contributed by atoms with Crippen molar-refractivity contribution in [3.63, 3.8) is 0 Å². The largest absolute Gasteiger partial charge is 0.495 e. The van der Waals surface area contributed by atoms with Gasteiger partial charge in [0.25, 0.3) is 5.91 Å². The molecule has 65 heavy (non-hydrogen) atoms. The van der Waals surface area contributed by atoms with Crippen molar-refractivity contribution in [1.82, 2.24) is 25.5 Å². The first-order valence-electron chi connectivity index (χ1n) is 23.0. The number of rotatable bonds is 13. The third-order valence-corrected chi connectivity index (χ3v) is 14.2. The van der Waals surface area contributed by atoms with Gasteiger partial charge in [0, 0.05) is 80.6 Å². The highest BCUT2D eigenvalue weighted by Gasteiger charge is 2.42. The number of likely N-dealkylation sites (N-methyl/N-ethyl adjacent to an activating group) is 1. The van der Waals surface area contributed by atoms with Crippen LogP contribution in [0.5, 0.6) is 5.75 Å². The molecule has 8 rings (SSSR count). The van der Waals surface area contributed by atoms with Crippen LogP contribution < -0.4 is 35.4 Å². The van der Waals surface area contributed by atoms with Crippen LogP contribution in [-0.4, -0.2) is 114 Å². The normalized spacial score (nSPS) is 21.6. The molecule has 1 unspecified atom stereocenters. The second-order valence-corrected chi connectivity index (χ2v) is 18.1. The number of benzene rings is 2. The quantitative estimate of drug-likeness (QED) is 0.162. The number of likely N-dealkylation sites (tertiary alicyclic amines) is 1. The van der Waals surface area contributed by atoms with Gasteiger partial charge in [0.2, 0.25) is 29.6 Å². The van der Waals surface area contributed by atoms with Gasteiger partial charge in [0.15, 0.2) is 5.82 Å². The lowest BCUT2D eigenvalue weighted by atomic mass is 9.82. The van der Waals surface area contributed by atoms with E-state index in [1.54, 1.807) is 36.3 Å². The number of imide groups is 1. The maximum atomic E-state index is 15.3. The van der Waals surface area contributed by atoms with Gasteiger partial charge in [-0.15, -0.1) is 0 Å². The van der Waals surface area contributed by atoms with E-state index in [2.05, 4.69) is 25.8 Å². The summed E-state index contributed by atoms with van der Waals surface area (Å²) >= 11 is 0. The summed E-state index contributed by atoms with van der Waals surface area (Å²) in [4.78, 5) is 82.0. The summed E-state index contributed by atoms with van der Waals surface area (Å²) in [6, 6.07) is 7.45. The number of carbonyl (C=O) groups is 5. The molecular weight excluding hydrogens is 841 g/mol. The fraction of sp³-hybridized carbons (Fsp3) is 0.553. The van der Waals surface area contributed by atoms with E-state index in [9.17, 15) is 29.1 Å². The van der Waals surface area contributed by atoms with Crippen molar-refractivity contribution in [1.29, 1.82) is 0 Å². The molecule has 3 saturated heterocycles. The molecule has 5 heterocycles. The van der Waals surface area contributed by atoms with E-state index in [0.29, 0.717) is 111 Å². The van der Waals surface area contributed by atoms with Gasteiger partial charge in [-0.2, -0.15) is 4.98 Å². The Morgan fingerprint density at radius 2 is 1.69 bits per heavy atom. The number of piperidine rings is 3. The number of ether oxygens (including phenoxy) is 1. The Morgan fingerprint density at radius 3 is 2.34 bits per heavy atom. The molecule has 348 valence electrons. The SMILES string of the molecule is CC[C@@H]1C(=O)N(C)c2cnc(Nc3ccc(C(=O)NC4(CCCO)CCN(C(=O)C5CCN(c6cc(F)c(C7CCC(=O)NC7=O)c(F)c6)CC5)CC4)cc3OC)nc2N1C1CCCC1. The number of aliphatic hydroxyl groups is 1. The third kappa shape index (κ3) is 9.31. The Kier molecular flexibility index (Phi) is 13.5. The fourth-order valence-electron chi connectivity index (χ4n) is 10.5. The van der Waals surface area contributed by atoms with Crippen LogP contribution in [0.1, 0.15) is 112 Å². The maximum absolute atomic E-state index is 15.3. The van der Waals surface area contributed by atoms with Gasteiger partial charge in [0.1, 0.15) is 29.1 Å². The average Bonchev–Trinajstić information content (AvgIpc) is 3.85. The molecule has 4 N–H and O–H groups in total. The van der Waals surface area contributed by atoms with Crippen molar-refractivity contribution in [2.75, 3.05) is 67.0 Å². The molecule has 4 fully saturated rings. The Morgan fingerprint density at radius 1 is 0.985 bits per heavy atom. The number of fused-ring (bicyclic) bond motifs is 1. The zero-order chi connectivity index (χ0) is 46.0. The summed E-state index contributed by atoms with van der Waals surface area (Å²) in [7, 11) is 3.28. The van der Waals surface area contributed by atoms with E-state index in [0.717, 1.165) is 25.7 Å². The Bertz CT molecular complexity index is 2290. The minimum absolute atomic E-state index is 0.00460. The highest BCUT2D eigenvalue weighted by molar-refractivity contribution is 6.04. The van der Waals surface area contributed by atoms with Crippen molar-refractivity contribution in [2.45, 2.75) is 114 Å². The van der Waals surface area contributed by atoms with Crippen molar-refractivity contribution >= 4 is 58.4 Å². The van der Waals surface area contributed by atoms with Gasteiger partial charge in [-0.1, -0.05) is 19.8 Å². The van der Waals surface area contributed by atoms with Crippen molar-refractivity contribution in [3.8, 4) is 5.75 Å². The summed E-state index contributed by atoms with van der Waals surface area (Å²) < 4.78 is 36.3. The topological polar surface area (TPSA) is 190 Å². The van der Waals surface area contributed by atoms with Crippen molar-refractivity contribution in [2.24, 2.45) is 5.92 Å². The predicted octanol–water partition coefficient (Wildman–Crippen LogP) is 5.31. The minimum atomic E-state index is -1.08. The number of aromatic nitrogens is 2. The Hall–Kier alpha value is -5.91. The second-order valence-electron chi connectivity index (χ2n) is 18.1. The van der Waals surface area contributed by atoms with E-state index in [4.69, 9.17) is 9.72 Å². The molecule has 1 saturated carbocycles. The molecule has 2 aromatic carbocycles. The third-order valence-electron chi connectivity index (χ3n) is 14.2. The van der Waals surface area contributed by atoms with Crippen LogP contribution >= 0.6 is 0 Å². The molecule has 16 nitrogen and oxygen atoms in total. The summed E-state index contributed by atoms with van der Waals surface area (Å²) in [6.45, 7) is 3.62. The lowest BCUT2D eigenvalue weighted by Crippen LogP contribution is -2.57.